The van der Waals surface area contributed by atoms with Gasteiger partial charge < -0.3 is 5.32 Å². The maximum atomic E-state index is 4.09. The van der Waals surface area contributed by atoms with Crippen molar-refractivity contribution in [1.29, 1.82) is 0 Å². The van der Waals surface area contributed by atoms with Crippen LogP contribution in [0, 0.1) is 0 Å². The molecule has 2 aromatic rings. The van der Waals surface area contributed by atoms with Crippen LogP contribution in [-0.2, 0) is 0 Å². The van der Waals surface area contributed by atoms with Crippen LogP contribution in [0.2, 0.25) is 0 Å². The second-order valence-electron chi connectivity index (χ2n) is 2.45. The minimum Gasteiger partial charge on any atom is -0.360 e. The first-order valence-electron chi connectivity index (χ1n) is 4.00. The number of hydrogen-bond acceptors (Lipinski definition) is 5. The van der Waals surface area contributed by atoms with Gasteiger partial charge in [0.25, 0.3) is 0 Å². The molecule has 0 aliphatic heterocycles. The Bertz CT molecular complexity index is 366. The van der Waals surface area contributed by atoms with Crippen LogP contribution in [0.5, 0.6) is 0 Å². The van der Waals surface area contributed by atoms with Gasteiger partial charge in [0.05, 0.1) is 0 Å². The lowest BCUT2D eigenvalue weighted by atomic mass is 10.4. The van der Waals surface area contributed by atoms with Crippen molar-refractivity contribution in [2.75, 3.05) is 11.9 Å². The maximum Gasteiger partial charge on any atom is 0.205 e. The number of thiophene rings is 1. The van der Waals surface area contributed by atoms with Gasteiger partial charge in [-0.05, 0) is 18.4 Å². The van der Waals surface area contributed by atoms with E-state index in [1.165, 1.54) is 0 Å². The van der Waals surface area contributed by atoms with Gasteiger partial charge in [0.1, 0.15) is 5.01 Å². The zero-order chi connectivity index (χ0) is 9.10. The van der Waals surface area contributed by atoms with Crippen molar-refractivity contribution in [3.63, 3.8) is 0 Å². The van der Waals surface area contributed by atoms with Crippen molar-refractivity contribution < 1.29 is 0 Å². The standard InChI is InChI=1S/C8H9N3S2/c1-2-9-8-11-10-7(13-8)6-3-4-12-5-6/h3-5H,2H2,1H3,(H,9,11). The first kappa shape index (κ1) is 8.65. The summed E-state index contributed by atoms with van der Waals surface area (Å²) in [4.78, 5) is 0. The molecule has 0 aliphatic carbocycles. The largest absolute Gasteiger partial charge is 0.360 e. The molecule has 0 fully saturated rings. The number of hydrogen-bond donors (Lipinski definition) is 1. The molecule has 3 nitrogen and oxygen atoms in total. The highest BCUT2D eigenvalue weighted by atomic mass is 32.1. The second kappa shape index (κ2) is 3.85. The Morgan fingerprint density at radius 2 is 2.38 bits per heavy atom. The number of rotatable bonds is 3. The molecular weight excluding hydrogens is 202 g/mol. The fourth-order valence-corrected chi connectivity index (χ4v) is 2.47. The van der Waals surface area contributed by atoms with Crippen molar-refractivity contribution in [3.05, 3.63) is 16.8 Å². The molecular formula is C8H9N3S2. The number of nitrogens with zero attached hydrogens (tertiary/aromatic N) is 2. The van der Waals surface area contributed by atoms with Gasteiger partial charge in [-0.1, -0.05) is 11.3 Å². The van der Waals surface area contributed by atoms with Crippen LogP contribution < -0.4 is 5.32 Å². The van der Waals surface area contributed by atoms with Crippen molar-refractivity contribution in [2.24, 2.45) is 0 Å². The Hall–Kier alpha value is -0.940. The highest BCUT2D eigenvalue weighted by Crippen LogP contribution is 2.27. The monoisotopic (exact) mass is 211 g/mol. The first-order valence-corrected chi connectivity index (χ1v) is 5.76. The van der Waals surface area contributed by atoms with E-state index in [2.05, 4.69) is 27.0 Å². The van der Waals surface area contributed by atoms with Gasteiger partial charge in [0.15, 0.2) is 0 Å². The predicted octanol–water partition coefficient (Wildman–Crippen LogP) is 2.70. The third-order valence-corrected chi connectivity index (χ3v) is 3.13. The predicted molar refractivity (Wildman–Crippen MR) is 57.4 cm³/mol. The van der Waals surface area contributed by atoms with E-state index in [9.17, 15) is 0 Å². The molecule has 5 heteroatoms. The van der Waals surface area contributed by atoms with E-state index in [0.717, 1.165) is 22.2 Å². The lowest BCUT2D eigenvalue weighted by Gasteiger charge is -1.91. The average Bonchev–Trinajstić information content (AvgIpc) is 2.70. The number of nitrogens with one attached hydrogen (secondary N) is 1. The normalized spacial score (nSPS) is 10.2. The van der Waals surface area contributed by atoms with Crippen LogP contribution in [0.4, 0.5) is 5.13 Å². The van der Waals surface area contributed by atoms with Gasteiger partial charge in [-0.2, -0.15) is 11.3 Å². The van der Waals surface area contributed by atoms with Crippen molar-refractivity contribution in [1.82, 2.24) is 10.2 Å². The summed E-state index contributed by atoms with van der Waals surface area (Å²) in [7, 11) is 0. The minimum absolute atomic E-state index is 0.887. The Kier molecular flexibility index (Phi) is 2.56. The van der Waals surface area contributed by atoms with E-state index in [-0.39, 0.29) is 0 Å². The summed E-state index contributed by atoms with van der Waals surface area (Å²) < 4.78 is 0. The molecule has 0 saturated heterocycles. The fraction of sp³-hybridized carbons (Fsp3) is 0.250. The van der Waals surface area contributed by atoms with Gasteiger partial charge in [0, 0.05) is 17.5 Å². The quantitative estimate of drug-likeness (QED) is 0.848. The van der Waals surface area contributed by atoms with Gasteiger partial charge in [-0.3, -0.25) is 0 Å². The molecule has 0 spiro atoms. The van der Waals surface area contributed by atoms with Crippen molar-refractivity contribution in [3.8, 4) is 10.6 Å². The highest BCUT2D eigenvalue weighted by Gasteiger charge is 2.05. The zero-order valence-corrected chi connectivity index (χ0v) is 8.78. The molecule has 1 N–H and O–H groups in total. The smallest absolute Gasteiger partial charge is 0.205 e. The SMILES string of the molecule is CCNc1nnc(-c2ccsc2)s1. The van der Waals surface area contributed by atoms with Crippen LogP contribution in [0.25, 0.3) is 10.6 Å². The Morgan fingerprint density at radius 3 is 3.08 bits per heavy atom. The molecule has 0 aliphatic rings. The van der Waals surface area contributed by atoms with E-state index in [4.69, 9.17) is 0 Å². The molecule has 0 aromatic carbocycles. The molecule has 2 heterocycles. The molecule has 0 saturated carbocycles. The molecule has 0 unspecified atom stereocenters. The van der Waals surface area contributed by atoms with E-state index >= 15 is 0 Å². The summed E-state index contributed by atoms with van der Waals surface area (Å²) in [6, 6.07) is 2.06. The second-order valence-corrected chi connectivity index (χ2v) is 4.21. The fourth-order valence-electron chi connectivity index (χ4n) is 0.949. The van der Waals surface area contributed by atoms with E-state index in [1.54, 1.807) is 22.7 Å². The molecule has 0 radical (unpaired) electrons. The Balaban J connectivity index is 2.23. The summed E-state index contributed by atoms with van der Waals surface area (Å²) in [6.07, 6.45) is 0. The van der Waals surface area contributed by atoms with E-state index in [1.807, 2.05) is 12.3 Å². The van der Waals surface area contributed by atoms with Crippen LogP contribution in [0.15, 0.2) is 16.8 Å². The number of anilines is 1. The van der Waals surface area contributed by atoms with Crippen LogP contribution in [0.1, 0.15) is 6.92 Å². The summed E-state index contributed by atoms with van der Waals surface area (Å²) in [5.74, 6) is 0. The topological polar surface area (TPSA) is 37.8 Å². The molecule has 68 valence electrons. The number of aromatic nitrogens is 2. The zero-order valence-electron chi connectivity index (χ0n) is 7.15. The third-order valence-electron chi connectivity index (χ3n) is 1.52. The van der Waals surface area contributed by atoms with Crippen molar-refractivity contribution >= 4 is 27.8 Å². The lowest BCUT2D eigenvalue weighted by Crippen LogP contribution is -1.94. The van der Waals surface area contributed by atoms with Crippen LogP contribution >= 0.6 is 22.7 Å². The van der Waals surface area contributed by atoms with E-state index in [0.29, 0.717) is 0 Å². The average molecular weight is 211 g/mol. The first-order chi connectivity index (χ1) is 6.40. The molecule has 0 atom stereocenters. The Labute approximate surface area is 84.5 Å². The summed E-state index contributed by atoms with van der Waals surface area (Å²) in [5, 5.41) is 17.3. The molecule has 0 amide bonds. The van der Waals surface area contributed by atoms with Crippen molar-refractivity contribution in [2.45, 2.75) is 6.92 Å². The Morgan fingerprint density at radius 1 is 1.46 bits per heavy atom. The lowest BCUT2D eigenvalue weighted by molar-refractivity contribution is 1.07. The summed E-state index contributed by atoms with van der Waals surface area (Å²) in [5.41, 5.74) is 1.16. The van der Waals surface area contributed by atoms with Gasteiger partial charge in [-0.15, -0.1) is 10.2 Å². The van der Waals surface area contributed by atoms with E-state index < -0.39 is 0 Å². The third kappa shape index (κ3) is 1.87. The molecule has 0 bridgehead atoms. The molecule has 2 rings (SSSR count). The molecule has 2 aromatic heterocycles. The summed E-state index contributed by atoms with van der Waals surface area (Å²) in [6.45, 7) is 2.93. The van der Waals surface area contributed by atoms with Crippen LogP contribution in [-0.4, -0.2) is 16.7 Å². The van der Waals surface area contributed by atoms with Gasteiger partial charge >= 0.3 is 0 Å². The van der Waals surface area contributed by atoms with Gasteiger partial charge in [0.2, 0.25) is 5.13 Å². The van der Waals surface area contributed by atoms with Gasteiger partial charge in [-0.25, -0.2) is 0 Å². The molecule has 13 heavy (non-hydrogen) atoms. The summed E-state index contributed by atoms with van der Waals surface area (Å²) >= 11 is 3.26. The van der Waals surface area contributed by atoms with Crippen LogP contribution in [0.3, 0.4) is 0 Å². The maximum absolute atomic E-state index is 4.09. The minimum atomic E-state index is 0.887. The highest BCUT2D eigenvalue weighted by molar-refractivity contribution is 7.18.